The van der Waals surface area contributed by atoms with Gasteiger partial charge in [-0.05, 0) is 57.5 Å². The molecule has 156 valence electrons. The zero-order valence-electron chi connectivity index (χ0n) is 16.2. The lowest BCUT2D eigenvalue weighted by atomic mass is 9.97. The lowest BCUT2D eigenvalue weighted by molar-refractivity contribution is -0.187. The van der Waals surface area contributed by atoms with E-state index in [2.05, 4.69) is 15.8 Å². The normalized spacial score (nSPS) is 17.8. The third kappa shape index (κ3) is 6.12. The molecule has 0 aromatic heterocycles. The smallest absolute Gasteiger partial charge is 0.372 e. The number of carbonyl (C=O) groups is 2. The van der Waals surface area contributed by atoms with E-state index in [0.717, 1.165) is 18.8 Å². The minimum atomic E-state index is -4.25. The first kappa shape index (κ1) is 22.0. The monoisotopic (exact) mass is 400 g/mol. The fourth-order valence-corrected chi connectivity index (χ4v) is 3.32. The molecule has 28 heavy (non-hydrogen) atoms. The van der Waals surface area contributed by atoms with Crippen LogP contribution in [0.2, 0.25) is 0 Å². The van der Waals surface area contributed by atoms with Crippen LogP contribution in [0.5, 0.6) is 0 Å². The van der Waals surface area contributed by atoms with E-state index in [9.17, 15) is 22.8 Å². The Morgan fingerprint density at radius 2 is 1.79 bits per heavy atom. The average molecular weight is 400 g/mol. The van der Waals surface area contributed by atoms with Crippen LogP contribution in [0.3, 0.4) is 0 Å². The molecule has 1 fully saturated rings. The summed E-state index contributed by atoms with van der Waals surface area (Å²) in [6.45, 7) is 5.83. The van der Waals surface area contributed by atoms with Crippen LogP contribution in [0.25, 0.3) is 0 Å². The summed E-state index contributed by atoms with van der Waals surface area (Å²) >= 11 is 0. The highest BCUT2D eigenvalue weighted by molar-refractivity contribution is 5.95. The van der Waals surface area contributed by atoms with Crippen LogP contribution in [0.15, 0.2) is 24.3 Å². The van der Waals surface area contributed by atoms with Gasteiger partial charge in [0.05, 0.1) is 12.5 Å². The second-order valence-electron chi connectivity index (χ2n) is 6.84. The first-order valence-corrected chi connectivity index (χ1v) is 9.47. The van der Waals surface area contributed by atoms with Gasteiger partial charge in [0.25, 0.3) is 11.8 Å². The van der Waals surface area contributed by atoms with E-state index in [0.29, 0.717) is 18.5 Å². The average Bonchev–Trinajstić information content (AvgIpc) is 2.67. The predicted molar refractivity (Wildman–Crippen MR) is 101 cm³/mol. The van der Waals surface area contributed by atoms with Crippen molar-refractivity contribution in [1.82, 2.24) is 15.8 Å². The number of benzene rings is 1. The van der Waals surface area contributed by atoms with Crippen LogP contribution >= 0.6 is 0 Å². The van der Waals surface area contributed by atoms with E-state index in [1.54, 1.807) is 12.1 Å². The molecule has 2 N–H and O–H groups in total. The Kier molecular flexibility index (Phi) is 7.68. The molecule has 1 aliphatic heterocycles. The fraction of sp³-hybridized carbons (Fsp3) is 0.579. The highest BCUT2D eigenvalue weighted by Gasteiger charge is 2.41. The van der Waals surface area contributed by atoms with Gasteiger partial charge in [0.15, 0.2) is 0 Å². The molecule has 1 heterocycles. The molecule has 9 heteroatoms. The van der Waals surface area contributed by atoms with Gasteiger partial charge in [-0.1, -0.05) is 0 Å². The minimum Gasteiger partial charge on any atom is -0.372 e. The highest BCUT2D eigenvalue weighted by Crippen LogP contribution is 2.32. The molecule has 1 saturated heterocycles. The van der Waals surface area contributed by atoms with Gasteiger partial charge in [-0.15, -0.1) is 0 Å². The molecule has 0 saturated carbocycles. The standard InChI is InChI=1S/C19H27F3N4O2/c1-3-26(4-2)16-9-7-14(8-10-16)18(28)24-23-17(27)13-25-11-5-6-15(12-25)19(20,21)22/h7-10,15H,3-6,11-13H2,1-2H3,(H,23,27)(H,24,28)/t15-/m1/s1. The number of likely N-dealkylation sites (tertiary alicyclic amines) is 1. The van der Waals surface area contributed by atoms with Gasteiger partial charge in [0.1, 0.15) is 0 Å². The van der Waals surface area contributed by atoms with E-state index in [4.69, 9.17) is 0 Å². The van der Waals surface area contributed by atoms with Crippen molar-refractivity contribution in [3.63, 3.8) is 0 Å². The lowest BCUT2D eigenvalue weighted by Gasteiger charge is -2.33. The summed E-state index contributed by atoms with van der Waals surface area (Å²) in [7, 11) is 0. The topological polar surface area (TPSA) is 64.7 Å². The van der Waals surface area contributed by atoms with E-state index in [1.807, 2.05) is 26.0 Å². The van der Waals surface area contributed by atoms with Crippen molar-refractivity contribution in [3.8, 4) is 0 Å². The van der Waals surface area contributed by atoms with Crippen LogP contribution in [-0.2, 0) is 4.79 Å². The molecule has 2 rings (SSSR count). The van der Waals surface area contributed by atoms with Crippen molar-refractivity contribution in [2.45, 2.75) is 32.9 Å². The fourth-order valence-electron chi connectivity index (χ4n) is 3.32. The number of nitrogens with zero attached hydrogens (tertiary/aromatic N) is 2. The number of hydrogen-bond donors (Lipinski definition) is 2. The third-order valence-electron chi connectivity index (χ3n) is 4.91. The molecule has 1 atom stereocenters. The molecule has 2 amide bonds. The second kappa shape index (κ2) is 9.77. The number of anilines is 1. The van der Waals surface area contributed by atoms with Crippen LogP contribution in [0.1, 0.15) is 37.0 Å². The zero-order valence-corrected chi connectivity index (χ0v) is 16.2. The highest BCUT2D eigenvalue weighted by atomic mass is 19.4. The van der Waals surface area contributed by atoms with Gasteiger partial charge in [0, 0.05) is 30.9 Å². The van der Waals surface area contributed by atoms with E-state index in [1.165, 1.54) is 4.90 Å². The van der Waals surface area contributed by atoms with Crippen molar-refractivity contribution in [3.05, 3.63) is 29.8 Å². The van der Waals surface area contributed by atoms with E-state index in [-0.39, 0.29) is 19.5 Å². The number of alkyl halides is 3. The molecule has 0 unspecified atom stereocenters. The van der Waals surface area contributed by atoms with Gasteiger partial charge >= 0.3 is 6.18 Å². The van der Waals surface area contributed by atoms with Gasteiger partial charge < -0.3 is 4.90 Å². The number of carbonyl (C=O) groups excluding carboxylic acids is 2. The molecule has 0 aliphatic carbocycles. The molecule has 1 aliphatic rings. The Labute approximate surface area is 163 Å². The number of piperidine rings is 1. The van der Waals surface area contributed by atoms with Crippen molar-refractivity contribution in [2.75, 3.05) is 37.6 Å². The van der Waals surface area contributed by atoms with E-state index >= 15 is 0 Å². The zero-order chi connectivity index (χ0) is 20.7. The van der Waals surface area contributed by atoms with Crippen LogP contribution in [0.4, 0.5) is 18.9 Å². The maximum absolute atomic E-state index is 12.8. The maximum atomic E-state index is 12.8. The molecule has 0 bridgehead atoms. The maximum Gasteiger partial charge on any atom is 0.393 e. The van der Waals surface area contributed by atoms with Crippen LogP contribution in [-0.4, -0.2) is 55.6 Å². The van der Waals surface area contributed by atoms with Gasteiger partial charge in [-0.25, -0.2) is 0 Å². The number of amides is 2. The Bertz CT molecular complexity index is 660. The second-order valence-corrected chi connectivity index (χ2v) is 6.84. The number of halogens is 3. The summed E-state index contributed by atoms with van der Waals surface area (Å²) in [6.07, 6.45) is -3.77. The first-order valence-electron chi connectivity index (χ1n) is 9.47. The molecule has 6 nitrogen and oxygen atoms in total. The molecular weight excluding hydrogens is 373 g/mol. The molecule has 0 spiro atoms. The summed E-state index contributed by atoms with van der Waals surface area (Å²) in [5.74, 6) is -2.44. The Morgan fingerprint density at radius 1 is 1.14 bits per heavy atom. The molecule has 1 aromatic rings. The van der Waals surface area contributed by atoms with E-state index < -0.39 is 23.9 Å². The van der Waals surface area contributed by atoms with Crippen molar-refractivity contribution < 1.29 is 22.8 Å². The Balaban J connectivity index is 1.81. The summed E-state index contributed by atoms with van der Waals surface area (Å²) in [5, 5.41) is 0. The van der Waals surface area contributed by atoms with Crippen molar-refractivity contribution in [2.24, 2.45) is 5.92 Å². The number of hydrogen-bond acceptors (Lipinski definition) is 4. The SMILES string of the molecule is CCN(CC)c1ccc(C(=O)NNC(=O)CN2CCC[C@@H](C(F)(F)F)C2)cc1. The van der Waals surface area contributed by atoms with Gasteiger partial charge in [-0.3, -0.25) is 25.3 Å². The molecule has 0 radical (unpaired) electrons. The number of rotatable bonds is 6. The predicted octanol–water partition coefficient (Wildman–Crippen LogP) is 2.57. The van der Waals surface area contributed by atoms with Crippen LogP contribution < -0.4 is 15.8 Å². The molecule has 1 aromatic carbocycles. The lowest BCUT2D eigenvalue weighted by Crippen LogP contribution is -2.49. The summed E-state index contributed by atoms with van der Waals surface area (Å²) in [5.41, 5.74) is 5.95. The van der Waals surface area contributed by atoms with Crippen LogP contribution in [0, 0.1) is 5.92 Å². The van der Waals surface area contributed by atoms with Gasteiger partial charge in [-0.2, -0.15) is 13.2 Å². The minimum absolute atomic E-state index is 0.0852. The quantitative estimate of drug-likeness (QED) is 0.721. The number of hydrazine groups is 1. The number of nitrogens with one attached hydrogen (secondary N) is 2. The largest absolute Gasteiger partial charge is 0.393 e. The van der Waals surface area contributed by atoms with Crippen molar-refractivity contribution in [1.29, 1.82) is 0 Å². The molecular formula is C19H27F3N4O2. The van der Waals surface area contributed by atoms with Crippen molar-refractivity contribution >= 4 is 17.5 Å². The van der Waals surface area contributed by atoms with Gasteiger partial charge in [0.2, 0.25) is 0 Å². The Hall–Kier alpha value is -2.29. The summed E-state index contributed by atoms with van der Waals surface area (Å²) in [4.78, 5) is 27.7. The first-order chi connectivity index (χ1) is 13.2. The summed E-state index contributed by atoms with van der Waals surface area (Å²) in [6, 6.07) is 6.98. The third-order valence-corrected chi connectivity index (χ3v) is 4.91. The Morgan fingerprint density at radius 3 is 2.36 bits per heavy atom. The summed E-state index contributed by atoms with van der Waals surface area (Å²) < 4.78 is 38.5.